The molecule has 0 saturated heterocycles. The van der Waals surface area contributed by atoms with Gasteiger partial charge in [-0.3, -0.25) is 0 Å². The predicted molar refractivity (Wildman–Crippen MR) is 111 cm³/mol. The standard InChI is InChI=1S/C24H21NO3/c1-28-19-13-11-18(12-14-19)23-16-21-20-8-3-2-6-17(20)7-4-9-22(21)25(23)15-5-10-24(26)27/h2-8,10-14,16H,9,15H2,1H3,(H,26,27)/b10-5+. The SMILES string of the molecule is COc1ccc(-c2cc3c(n2C/C=C/C(=O)O)CC=Cc2ccccc2-3)cc1. The molecule has 1 aliphatic carbocycles. The summed E-state index contributed by atoms with van der Waals surface area (Å²) in [6.45, 7) is 0.499. The summed E-state index contributed by atoms with van der Waals surface area (Å²) in [7, 11) is 1.65. The Hall–Kier alpha value is -3.53. The van der Waals surface area contributed by atoms with Crippen LogP contribution in [0.5, 0.6) is 5.75 Å². The van der Waals surface area contributed by atoms with Crippen LogP contribution in [0.4, 0.5) is 0 Å². The quantitative estimate of drug-likeness (QED) is 0.639. The van der Waals surface area contributed by atoms with E-state index in [-0.39, 0.29) is 0 Å². The van der Waals surface area contributed by atoms with Crippen molar-refractivity contribution in [2.75, 3.05) is 7.11 Å². The molecular formula is C24H21NO3. The number of carboxylic acid groups (broad SMARTS) is 1. The Morgan fingerprint density at radius 1 is 1.14 bits per heavy atom. The third-order valence-corrected chi connectivity index (χ3v) is 5.00. The highest BCUT2D eigenvalue weighted by Crippen LogP contribution is 2.37. The second-order valence-electron chi connectivity index (χ2n) is 6.66. The molecule has 0 saturated carbocycles. The number of allylic oxidation sites excluding steroid dienone is 2. The number of hydrogen-bond donors (Lipinski definition) is 1. The topological polar surface area (TPSA) is 51.5 Å². The van der Waals surface area contributed by atoms with Crippen LogP contribution >= 0.6 is 0 Å². The van der Waals surface area contributed by atoms with Crippen LogP contribution in [0.25, 0.3) is 28.5 Å². The fourth-order valence-corrected chi connectivity index (χ4v) is 3.70. The molecule has 0 fully saturated rings. The number of carboxylic acids is 1. The van der Waals surface area contributed by atoms with E-state index >= 15 is 0 Å². The van der Waals surface area contributed by atoms with Gasteiger partial charge in [0.05, 0.1) is 7.11 Å². The van der Waals surface area contributed by atoms with Crippen molar-refractivity contribution in [1.82, 2.24) is 4.57 Å². The first-order valence-electron chi connectivity index (χ1n) is 9.19. The van der Waals surface area contributed by atoms with Crippen molar-refractivity contribution >= 4 is 12.0 Å². The van der Waals surface area contributed by atoms with E-state index in [1.807, 2.05) is 30.3 Å². The van der Waals surface area contributed by atoms with E-state index in [1.165, 1.54) is 28.5 Å². The van der Waals surface area contributed by atoms with Gasteiger partial charge in [0, 0.05) is 36.0 Å². The van der Waals surface area contributed by atoms with Gasteiger partial charge in [0.25, 0.3) is 0 Å². The molecule has 4 heteroatoms. The fraction of sp³-hybridized carbons (Fsp3) is 0.125. The van der Waals surface area contributed by atoms with E-state index in [2.05, 4.69) is 41.0 Å². The van der Waals surface area contributed by atoms with Crippen molar-refractivity contribution in [2.45, 2.75) is 13.0 Å². The van der Waals surface area contributed by atoms with Gasteiger partial charge in [0.1, 0.15) is 5.75 Å². The Kier molecular flexibility index (Phi) is 4.85. The molecule has 1 aromatic heterocycles. The molecule has 0 atom stereocenters. The van der Waals surface area contributed by atoms with Gasteiger partial charge in [-0.05, 0) is 47.0 Å². The van der Waals surface area contributed by atoms with Gasteiger partial charge in [-0.1, -0.05) is 42.5 Å². The summed E-state index contributed by atoms with van der Waals surface area (Å²) < 4.78 is 7.48. The summed E-state index contributed by atoms with van der Waals surface area (Å²) in [5, 5.41) is 8.98. The first-order valence-corrected chi connectivity index (χ1v) is 9.19. The number of aromatic nitrogens is 1. The largest absolute Gasteiger partial charge is 0.497 e. The van der Waals surface area contributed by atoms with Crippen molar-refractivity contribution in [2.24, 2.45) is 0 Å². The van der Waals surface area contributed by atoms with Crippen molar-refractivity contribution in [3.63, 3.8) is 0 Å². The minimum atomic E-state index is -0.936. The number of rotatable bonds is 5. The minimum Gasteiger partial charge on any atom is -0.497 e. The van der Waals surface area contributed by atoms with Crippen LogP contribution < -0.4 is 4.74 Å². The first kappa shape index (κ1) is 17.9. The molecule has 1 N–H and O–H groups in total. The van der Waals surface area contributed by atoms with E-state index in [4.69, 9.17) is 9.84 Å². The molecule has 1 heterocycles. The Morgan fingerprint density at radius 2 is 1.93 bits per heavy atom. The lowest BCUT2D eigenvalue weighted by Gasteiger charge is -2.12. The zero-order valence-electron chi connectivity index (χ0n) is 15.6. The van der Waals surface area contributed by atoms with E-state index in [0.717, 1.165) is 23.4 Å². The lowest BCUT2D eigenvalue weighted by Crippen LogP contribution is -2.04. The molecule has 0 amide bonds. The maximum atomic E-state index is 10.9. The van der Waals surface area contributed by atoms with Gasteiger partial charge >= 0.3 is 5.97 Å². The second-order valence-corrected chi connectivity index (χ2v) is 6.66. The highest BCUT2D eigenvalue weighted by molar-refractivity contribution is 5.83. The normalized spacial score (nSPS) is 12.5. The summed E-state index contributed by atoms with van der Waals surface area (Å²) in [5.74, 6) is -0.128. The minimum absolute atomic E-state index is 0.499. The average Bonchev–Trinajstić information content (AvgIpc) is 2.96. The summed E-state index contributed by atoms with van der Waals surface area (Å²) in [6.07, 6.45) is 8.00. The highest BCUT2D eigenvalue weighted by atomic mass is 16.5. The molecule has 1 aliphatic rings. The van der Waals surface area contributed by atoms with Crippen LogP contribution in [-0.2, 0) is 17.8 Å². The lowest BCUT2D eigenvalue weighted by molar-refractivity contribution is -0.131. The highest BCUT2D eigenvalue weighted by Gasteiger charge is 2.19. The number of ether oxygens (including phenoxy) is 1. The molecule has 3 aromatic rings. The monoisotopic (exact) mass is 371 g/mol. The van der Waals surface area contributed by atoms with Crippen LogP contribution in [-0.4, -0.2) is 22.8 Å². The Balaban J connectivity index is 1.88. The molecule has 0 spiro atoms. The maximum absolute atomic E-state index is 10.9. The number of hydrogen-bond acceptors (Lipinski definition) is 2. The van der Waals surface area contributed by atoms with Gasteiger partial charge in [-0.25, -0.2) is 4.79 Å². The first-order chi connectivity index (χ1) is 13.7. The Labute approximate surface area is 164 Å². The number of aliphatic carboxylic acids is 1. The van der Waals surface area contributed by atoms with Crippen LogP contribution in [0.15, 0.2) is 72.8 Å². The number of methoxy groups -OCH3 is 1. The second kappa shape index (κ2) is 7.61. The Morgan fingerprint density at radius 3 is 2.68 bits per heavy atom. The maximum Gasteiger partial charge on any atom is 0.328 e. The lowest BCUT2D eigenvalue weighted by atomic mass is 10.0. The third-order valence-electron chi connectivity index (χ3n) is 5.00. The van der Waals surface area contributed by atoms with Gasteiger partial charge in [0.2, 0.25) is 0 Å². The molecule has 0 aliphatic heterocycles. The smallest absolute Gasteiger partial charge is 0.328 e. The van der Waals surface area contributed by atoms with Gasteiger partial charge < -0.3 is 14.4 Å². The zero-order chi connectivity index (χ0) is 19.5. The molecule has 4 nitrogen and oxygen atoms in total. The number of nitrogens with zero attached hydrogens (tertiary/aromatic N) is 1. The predicted octanol–water partition coefficient (Wildman–Crippen LogP) is 5.04. The van der Waals surface area contributed by atoms with Crippen molar-refractivity contribution in [3.05, 3.63) is 84.1 Å². The molecule has 0 bridgehead atoms. The van der Waals surface area contributed by atoms with E-state index in [0.29, 0.717) is 6.54 Å². The molecule has 0 radical (unpaired) electrons. The Bertz CT molecular complexity index is 1070. The van der Waals surface area contributed by atoms with Gasteiger partial charge in [-0.15, -0.1) is 0 Å². The molecule has 4 rings (SSSR count). The molecule has 0 unspecified atom stereocenters. The molecule has 140 valence electrons. The van der Waals surface area contributed by atoms with Crippen LogP contribution in [0, 0.1) is 0 Å². The van der Waals surface area contributed by atoms with Crippen molar-refractivity contribution in [3.8, 4) is 28.1 Å². The van der Waals surface area contributed by atoms with Crippen LogP contribution in [0.3, 0.4) is 0 Å². The van der Waals surface area contributed by atoms with Crippen LogP contribution in [0.1, 0.15) is 11.3 Å². The molecule has 2 aromatic carbocycles. The van der Waals surface area contributed by atoms with Gasteiger partial charge in [0.15, 0.2) is 0 Å². The zero-order valence-corrected chi connectivity index (χ0v) is 15.6. The third kappa shape index (κ3) is 3.37. The summed E-state index contributed by atoms with van der Waals surface area (Å²) >= 11 is 0. The summed E-state index contributed by atoms with van der Waals surface area (Å²) in [5.41, 5.74) is 6.90. The van der Waals surface area contributed by atoms with Crippen molar-refractivity contribution < 1.29 is 14.6 Å². The number of fused-ring (bicyclic) bond motifs is 3. The van der Waals surface area contributed by atoms with E-state index in [9.17, 15) is 4.79 Å². The van der Waals surface area contributed by atoms with Gasteiger partial charge in [-0.2, -0.15) is 0 Å². The fourth-order valence-electron chi connectivity index (χ4n) is 3.70. The summed E-state index contributed by atoms with van der Waals surface area (Å²) in [6, 6.07) is 18.5. The van der Waals surface area contributed by atoms with Crippen molar-refractivity contribution in [1.29, 1.82) is 0 Å². The molecule has 28 heavy (non-hydrogen) atoms. The van der Waals surface area contributed by atoms with E-state index < -0.39 is 5.97 Å². The number of benzene rings is 2. The summed E-state index contributed by atoms with van der Waals surface area (Å²) in [4.78, 5) is 10.9. The average molecular weight is 371 g/mol. The number of carbonyl (C=O) groups is 1. The van der Waals surface area contributed by atoms with E-state index in [1.54, 1.807) is 13.2 Å². The van der Waals surface area contributed by atoms with Crippen LogP contribution in [0.2, 0.25) is 0 Å². The molecular weight excluding hydrogens is 350 g/mol.